The smallest absolute Gasteiger partial charge is 0.369 e. The summed E-state index contributed by atoms with van der Waals surface area (Å²) in [5.41, 5.74) is 6.11. The highest BCUT2D eigenvalue weighted by Gasteiger charge is 2.35. The van der Waals surface area contributed by atoms with Crippen molar-refractivity contribution in [1.82, 2.24) is 9.55 Å². The number of anilines is 1. The fourth-order valence-corrected chi connectivity index (χ4v) is 3.20. The van der Waals surface area contributed by atoms with Gasteiger partial charge in [0.2, 0.25) is 5.95 Å². The van der Waals surface area contributed by atoms with Gasteiger partial charge in [-0.25, -0.2) is 4.98 Å². The van der Waals surface area contributed by atoms with Gasteiger partial charge in [0.15, 0.2) is 0 Å². The molecule has 1 aliphatic rings. The normalized spacial score (nSPS) is 18.8. The number of aromatic nitrogens is 2. The molecule has 0 unspecified atom stereocenters. The number of nitrogens with zero attached hydrogens (tertiary/aromatic N) is 2. The summed E-state index contributed by atoms with van der Waals surface area (Å²) >= 11 is 0. The average molecular weight is 283 g/mol. The first-order chi connectivity index (χ1) is 9.31. The zero-order valence-corrected chi connectivity index (χ0v) is 11.2. The summed E-state index contributed by atoms with van der Waals surface area (Å²) in [4.78, 5) is 4.12. The molecule has 1 fully saturated rings. The van der Waals surface area contributed by atoms with E-state index < -0.39 is 11.7 Å². The zero-order chi connectivity index (χ0) is 14.5. The summed E-state index contributed by atoms with van der Waals surface area (Å²) in [5, 5.41) is 0. The van der Waals surface area contributed by atoms with Gasteiger partial charge in [0.1, 0.15) is 0 Å². The lowest BCUT2D eigenvalue weighted by molar-refractivity contribution is -0.137. The molecule has 2 aromatic rings. The molecule has 2 N–H and O–H groups in total. The van der Waals surface area contributed by atoms with E-state index in [-0.39, 0.29) is 5.54 Å². The number of hydrogen-bond donors (Lipinski definition) is 1. The quantitative estimate of drug-likeness (QED) is 0.861. The maximum Gasteiger partial charge on any atom is 0.416 e. The van der Waals surface area contributed by atoms with E-state index in [9.17, 15) is 13.2 Å². The van der Waals surface area contributed by atoms with Crippen molar-refractivity contribution in [3.05, 3.63) is 23.8 Å². The molecule has 0 radical (unpaired) electrons. The molecule has 1 aliphatic carbocycles. The summed E-state index contributed by atoms with van der Waals surface area (Å²) in [6.07, 6.45) is -0.191. The molecule has 1 aromatic carbocycles. The van der Waals surface area contributed by atoms with Crippen LogP contribution in [0.5, 0.6) is 0 Å². The minimum Gasteiger partial charge on any atom is -0.369 e. The fraction of sp³-hybridized carbons (Fsp3) is 0.500. The number of hydrogen-bond acceptors (Lipinski definition) is 2. The van der Waals surface area contributed by atoms with Crippen molar-refractivity contribution in [3.63, 3.8) is 0 Å². The van der Waals surface area contributed by atoms with Gasteiger partial charge in [0, 0.05) is 5.54 Å². The number of imidazole rings is 1. The molecule has 3 nitrogen and oxygen atoms in total. The average Bonchev–Trinajstić information content (AvgIpc) is 2.90. The van der Waals surface area contributed by atoms with Gasteiger partial charge in [-0.2, -0.15) is 13.2 Å². The number of fused-ring (bicyclic) bond motifs is 1. The van der Waals surface area contributed by atoms with E-state index in [1.807, 2.05) is 4.57 Å². The maximum atomic E-state index is 12.7. The van der Waals surface area contributed by atoms with E-state index in [0.717, 1.165) is 37.8 Å². The summed E-state index contributed by atoms with van der Waals surface area (Å²) in [6, 6.07) is 3.64. The number of nitrogen functional groups attached to an aromatic ring is 1. The molecule has 0 aliphatic heterocycles. The van der Waals surface area contributed by atoms with Gasteiger partial charge in [0.05, 0.1) is 16.6 Å². The Morgan fingerprint density at radius 2 is 1.90 bits per heavy atom. The summed E-state index contributed by atoms with van der Waals surface area (Å²) in [5.74, 6) is 0.295. The number of nitrogens with two attached hydrogens (primary N) is 1. The summed E-state index contributed by atoms with van der Waals surface area (Å²) < 4.78 is 40.1. The first kappa shape index (κ1) is 13.3. The van der Waals surface area contributed by atoms with Crippen molar-refractivity contribution in [3.8, 4) is 0 Å². The summed E-state index contributed by atoms with van der Waals surface area (Å²) in [7, 11) is 0. The largest absolute Gasteiger partial charge is 0.416 e. The van der Waals surface area contributed by atoms with Crippen molar-refractivity contribution >= 4 is 17.0 Å². The van der Waals surface area contributed by atoms with Gasteiger partial charge in [-0.05, 0) is 38.0 Å². The van der Waals surface area contributed by atoms with Crippen LogP contribution in [0, 0.1) is 0 Å². The Bertz CT molecular complexity index is 651. The Morgan fingerprint density at radius 3 is 2.50 bits per heavy atom. The molecule has 0 bridgehead atoms. The van der Waals surface area contributed by atoms with Gasteiger partial charge in [-0.1, -0.05) is 12.8 Å². The Labute approximate surface area is 114 Å². The van der Waals surface area contributed by atoms with Gasteiger partial charge in [0.25, 0.3) is 0 Å². The molecule has 3 rings (SSSR count). The number of alkyl halides is 3. The van der Waals surface area contributed by atoms with E-state index in [1.54, 1.807) is 0 Å². The molecule has 108 valence electrons. The SMILES string of the molecule is CC1(n2c(N)nc3cc(C(F)(F)F)ccc32)CCCC1. The highest BCUT2D eigenvalue weighted by molar-refractivity contribution is 5.79. The molecule has 6 heteroatoms. The van der Waals surface area contributed by atoms with E-state index in [4.69, 9.17) is 5.73 Å². The van der Waals surface area contributed by atoms with Crippen LogP contribution in [0.2, 0.25) is 0 Å². The number of rotatable bonds is 1. The number of benzene rings is 1. The van der Waals surface area contributed by atoms with E-state index in [2.05, 4.69) is 11.9 Å². The van der Waals surface area contributed by atoms with Crippen molar-refractivity contribution in [2.75, 3.05) is 5.73 Å². The highest BCUT2D eigenvalue weighted by Crippen LogP contribution is 2.41. The Hall–Kier alpha value is -1.72. The van der Waals surface area contributed by atoms with Crippen LogP contribution in [0.4, 0.5) is 19.1 Å². The van der Waals surface area contributed by atoms with E-state index in [0.29, 0.717) is 17.0 Å². The lowest BCUT2D eigenvalue weighted by atomic mass is 10.00. The van der Waals surface area contributed by atoms with E-state index >= 15 is 0 Å². The monoisotopic (exact) mass is 283 g/mol. The first-order valence-electron chi connectivity index (χ1n) is 6.67. The Morgan fingerprint density at radius 1 is 1.25 bits per heavy atom. The Kier molecular flexibility index (Phi) is 2.74. The van der Waals surface area contributed by atoms with Crippen LogP contribution in [0.3, 0.4) is 0 Å². The fourth-order valence-electron chi connectivity index (χ4n) is 3.20. The predicted molar refractivity (Wildman–Crippen MR) is 71.3 cm³/mol. The van der Waals surface area contributed by atoms with Crippen molar-refractivity contribution in [2.45, 2.75) is 44.3 Å². The molecule has 0 saturated heterocycles. The maximum absolute atomic E-state index is 12.7. The zero-order valence-electron chi connectivity index (χ0n) is 11.2. The van der Waals surface area contributed by atoms with Gasteiger partial charge < -0.3 is 10.3 Å². The standard InChI is InChI=1S/C14H16F3N3/c1-13(6-2-3-7-13)20-11-5-4-9(14(15,16)17)8-10(11)19-12(20)18/h4-5,8H,2-3,6-7H2,1H3,(H2,18,19). The second-order valence-electron chi connectivity index (χ2n) is 5.71. The molecule has 1 heterocycles. The third kappa shape index (κ3) is 1.94. The van der Waals surface area contributed by atoms with Gasteiger partial charge in [-0.15, -0.1) is 0 Å². The molecule has 0 atom stereocenters. The summed E-state index contributed by atoms with van der Waals surface area (Å²) in [6.45, 7) is 2.09. The van der Waals surface area contributed by atoms with Crippen LogP contribution in [0.1, 0.15) is 38.2 Å². The second kappa shape index (κ2) is 4.14. The molecule has 0 amide bonds. The van der Waals surface area contributed by atoms with E-state index in [1.165, 1.54) is 6.07 Å². The van der Waals surface area contributed by atoms with Crippen LogP contribution in [-0.2, 0) is 11.7 Å². The minimum absolute atomic E-state index is 0.140. The lowest BCUT2D eigenvalue weighted by Gasteiger charge is -2.27. The van der Waals surface area contributed by atoms with Crippen LogP contribution in [0.25, 0.3) is 11.0 Å². The highest BCUT2D eigenvalue weighted by atomic mass is 19.4. The van der Waals surface area contributed by atoms with Crippen molar-refractivity contribution in [2.24, 2.45) is 0 Å². The second-order valence-corrected chi connectivity index (χ2v) is 5.71. The predicted octanol–water partition coefficient (Wildman–Crippen LogP) is 3.93. The Balaban J connectivity index is 2.18. The van der Waals surface area contributed by atoms with Gasteiger partial charge >= 0.3 is 6.18 Å². The first-order valence-corrected chi connectivity index (χ1v) is 6.67. The minimum atomic E-state index is -4.36. The molecule has 0 spiro atoms. The third-order valence-electron chi connectivity index (χ3n) is 4.23. The molecule has 20 heavy (non-hydrogen) atoms. The molecule has 1 saturated carbocycles. The molecular formula is C14H16F3N3. The number of halogens is 3. The molecular weight excluding hydrogens is 267 g/mol. The molecule has 1 aromatic heterocycles. The van der Waals surface area contributed by atoms with Crippen molar-refractivity contribution < 1.29 is 13.2 Å². The van der Waals surface area contributed by atoms with Gasteiger partial charge in [-0.3, -0.25) is 0 Å². The van der Waals surface area contributed by atoms with Crippen LogP contribution in [0.15, 0.2) is 18.2 Å². The lowest BCUT2D eigenvalue weighted by Crippen LogP contribution is -2.27. The topological polar surface area (TPSA) is 43.8 Å². The van der Waals surface area contributed by atoms with Crippen LogP contribution in [-0.4, -0.2) is 9.55 Å². The van der Waals surface area contributed by atoms with Crippen LogP contribution >= 0.6 is 0 Å². The van der Waals surface area contributed by atoms with Crippen molar-refractivity contribution in [1.29, 1.82) is 0 Å². The third-order valence-corrected chi connectivity index (χ3v) is 4.23. The van der Waals surface area contributed by atoms with Crippen LogP contribution < -0.4 is 5.73 Å².